The fourth-order valence-electron chi connectivity index (χ4n) is 3.46. The van der Waals surface area contributed by atoms with Crippen LogP contribution in [0.3, 0.4) is 0 Å². The van der Waals surface area contributed by atoms with Gasteiger partial charge >= 0.3 is 0 Å². The van der Waals surface area contributed by atoms with Crippen LogP contribution in [0, 0.1) is 18.3 Å². The van der Waals surface area contributed by atoms with Crippen molar-refractivity contribution in [3.8, 4) is 6.07 Å². The molecular formula is C25H22BrN5O2. The van der Waals surface area contributed by atoms with Crippen LogP contribution in [0.5, 0.6) is 0 Å². The molecule has 8 heteroatoms. The molecule has 0 atom stereocenters. The number of rotatable bonds is 8. The van der Waals surface area contributed by atoms with Crippen molar-refractivity contribution in [3.05, 3.63) is 105 Å². The van der Waals surface area contributed by atoms with E-state index in [0.717, 1.165) is 15.6 Å². The van der Waals surface area contributed by atoms with Crippen LogP contribution in [0.2, 0.25) is 0 Å². The summed E-state index contributed by atoms with van der Waals surface area (Å²) in [7, 11) is 0. The number of amides is 1. The molecule has 4 aromatic rings. The first-order valence-corrected chi connectivity index (χ1v) is 11.3. The Labute approximate surface area is 200 Å². The molecule has 166 valence electrons. The Balaban J connectivity index is 1.53. The minimum Gasteiger partial charge on any atom is -0.456 e. The number of furan rings is 1. The van der Waals surface area contributed by atoms with Crippen molar-refractivity contribution in [2.45, 2.75) is 26.4 Å². The fraction of sp³-hybridized carbons (Fsp3) is 0.200. The highest BCUT2D eigenvalue weighted by Crippen LogP contribution is 2.16. The molecule has 0 N–H and O–H groups in total. The highest BCUT2D eigenvalue weighted by atomic mass is 79.9. The first-order valence-electron chi connectivity index (χ1n) is 10.5. The second kappa shape index (κ2) is 10.3. The van der Waals surface area contributed by atoms with Crippen LogP contribution < -0.4 is 0 Å². The number of benzene rings is 2. The van der Waals surface area contributed by atoms with E-state index in [9.17, 15) is 4.79 Å². The number of nitriles is 1. The van der Waals surface area contributed by atoms with E-state index in [4.69, 9.17) is 9.68 Å². The normalized spacial score (nSPS) is 10.7. The van der Waals surface area contributed by atoms with Gasteiger partial charge in [0.05, 0.1) is 24.7 Å². The minimum absolute atomic E-state index is 0.187. The molecule has 0 saturated carbocycles. The molecular weight excluding hydrogens is 482 g/mol. The molecule has 0 aliphatic carbocycles. The molecule has 2 aromatic carbocycles. The van der Waals surface area contributed by atoms with Crippen molar-refractivity contribution in [2.75, 3.05) is 6.54 Å². The lowest BCUT2D eigenvalue weighted by molar-refractivity contribution is 0.0705. The van der Waals surface area contributed by atoms with E-state index in [1.807, 2.05) is 47.9 Å². The Kier molecular flexibility index (Phi) is 7.01. The summed E-state index contributed by atoms with van der Waals surface area (Å²) in [6.45, 7) is 3.16. The number of carbonyl (C=O) groups is 1. The Bertz CT molecular complexity index is 1270. The molecule has 0 radical (unpaired) electrons. The average Bonchev–Trinajstić information content (AvgIpc) is 3.46. The van der Waals surface area contributed by atoms with Gasteiger partial charge in [-0.05, 0) is 60.9 Å². The lowest BCUT2D eigenvalue weighted by atomic mass is 10.1. The maximum atomic E-state index is 13.2. The van der Waals surface area contributed by atoms with Crippen LogP contribution in [-0.2, 0) is 19.5 Å². The highest BCUT2D eigenvalue weighted by molar-refractivity contribution is 9.10. The summed E-state index contributed by atoms with van der Waals surface area (Å²) in [5, 5.41) is 17.3. The molecule has 0 fully saturated rings. The number of aryl methyl sites for hydroxylation is 1. The van der Waals surface area contributed by atoms with Crippen LogP contribution in [-0.4, -0.2) is 32.1 Å². The number of carbonyl (C=O) groups excluding carboxylic acids is 1. The van der Waals surface area contributed by atoms with Gasteiger partial charge in [0.15, 0.2) is 11.6 Å². The van der Waals surface area contributed by atoms with Crippen molar-refractivity contribution in [3.63, 3.8) is 0 Å². The second-order valence-corrected chi connectivity index (χ2v) is 8.61. The first-order chi connectivity index (χ1) is 16.0. The molecule has 33 heavy (non-hydrogen) atoms. The SMILES string of the molecule is Cc1ccc(C(=O)N(CCc2ccc(Br)cc2)Cc2nncn2Cc2ccc(C#N)cc2)o1. The summed E-state index contributed by atoms with van der Waals surface area (Å²) in [4.78, 5) is 15.0. The summed E-state index contributed by atoms with van der Waals surface area (Å²) in [6, 6.07) is 21.1. The van der Waals surface area contributed by atoms with E-state index in [2.05, 4.69) is 32.2 Å². The number of aromatic nitrogens is 3. The van der Waals surface area contributed by atoms with Gasteiger partial charge in [-0.25, -0.2) is 0 Å². The monoisotopic (exact) mass is 503 g/mol. The van der Waals surface area contributed by atoms with Crippen LogP contribution in [0.4, 0.5) is 0 Å². The van der Waals surface area contributed by atoms with Crippen molar-refractivity contribution >= 4 is 21.8 Å². The predicted octanol–water partition coefficient (Wildman–Crippen LogP) is 4.75. The Hall–Kier alpha value is -3.70. The first kappa shape index (κ1) is 22.5. The maximum Gasteiger partial charge on any atom is 0.289 e. The second-order valence-electron chi connectivity index (χ2n) is 7.70. The third-order valence-electron chi connectivity index (χ3n) is 5.29. The van der Waals surface area contributed by atoms with Crippen molar-refractivity contribution in [1.29, 1.82) is 5.26 Å². The zero-order valence-corrected chi connectivity index (χ0v) is 19.7. The number of halogens is 1. The van der Waals surface area contributed by atoms with Gasteiger partial charge in [-0.1, -0.05) is 40.2 Å². The van der Waals surface area contributed by atoms with Gasteiger partial charge in [-0.15, -0.1) is 10.2 Å². The molecule has 0 unspecified atom stereocenters. The van der Waals surface area contributed by atoms with E-state index in [0.29, 0.717) is 49.0 Å². The van der Waals surface area contributed by atoms with Crippen LogP contribution in [0.25, 0.3) is 0 Å². The van der Waals surface area contributed by atoms with E-state index < -0.39 is 0 Å². The van der Waals surface area contributed by atoms with E-state index in [1.54, 1.807) is 35.5 Å². The van der Waals surface area contributed by atoms with Crippen molar-refractivity contribution in [2.24, 2.45) is 0 Å². The van der Waals surface area contributed by atoms with Gasteiger partial charge in [0.1, 0.15) is 12.1 Å². The largest absolute Gasteiger partial charge is 0.456 e. The molecule has 0 aliphatic rings. The smallest absolute Gasteiger partial charge is 0.289 e. The molecule has 7 nitrogen and oxygen atoms in total. The minimum atomic E-state index is -0.187. The topological polar surface area (TPSA) is 88.0 Å². The average molecular weight is 504 g/mol. The Morgan fingerprint density at radius 1 is 1.09 bits per heavy atom. The Morgan fingerprint density at radius 2 is 1.82 bits per heavy atom. The number of hydrogen-bond donors (Lipinski definition) is 0. The molecule has 2 aromatic heterocycles. The highest BCUT2D eigenvalue weighted by Gasteiger charge is 2.21. The molecule has 0 aliphatic heterocycles. The van der Waals surface area contributed by atoms with Crippen LogP contribution in [0.15, 0.2) is 75.9 Å². The summed E-state index contributed by atoms with van der Waals surface area (Å²) >= 11 is 3.45. The Morgan fingerprint density at radius 3 is 2.48 bits per heavy atom. The number of hydrogen-bond acceptors (Lipinski definition) is 5. The van der Waals surface area contributed by atoms with Gasteiger partial charge in [-0.3, -0.25) is 4.79 Å². The molecule has 1 amide bonds. The molecule has 0 spiro atoms. The van der Waals surface area contributed by atoms with Gasteiger partial charge in [0.2, 0.25) is 0 Å². The molecule has 4 rings (SSSR count). The molecule has 0 bridgehead atoms. The standard InChI is InChI=1S/C25H22BrN5O2/c1-18-2-11-23(33-18)25(32)30(13-12-19-7-9-22(26)10-8-19)16-24-29-28-17-31(24)15-21-5-3-20(14-27)4-6-21/h2-11,17H,12-13,15-16H2,1H3. The van der Waals surface area contributed by atoms with Gasteiger partial charge in [0.25, 0.3) is 5.91 Å². The number of nitrogens with zero attached hydrogens (tertiary/aromatic N) is 5. The lowest BCUT2D eigenvalue weighted by Crippen LogP contribution is -2.33. The third-order valence-corrected chi connectivity index (χ3v) is 5.81. The lowest BCUT2D eigenvalue weighted by Gasteiger charge is -2.22. The van der Waals surface area contributed by atoms with E-state index in [-0.39, 0.29) is 5.91 Å². The summed E-state index contributed by atoms with van der Waals surface area (Å²) in [5.41, 5.74) is 2.76. The van der Waals surface area contributed by atoms with E-state index in [1.165, 1.54) is 0 Å². The predicted molar refractivity (Wildman–Crippen MR) is 126 cm³/mol. The fourth-order valence-corrected chi connectivity index (χ4v) is 3.72. The maximum absolute atomic E-state index is 13.2. The van der Waals surface area contributed by atoms with Gasteiger partial charge < -0.3 is 13.9 Å². The van der Waals surface area contributed by atoms with Gasteiger partial charge in [-0.2, -0.15) is 5.26 Å². The summed E-state index contributed by atoms with van der Waals surface area (Å²) in [5.74, 6) is 1.48. The van der Waals surface area contributed by atoms with E-state index >= 15 is 0 Å². The molecule has 2 heterocycles. The molecule has 0 saturated heterocycles. The zero-order valence-electron chi connectivity index (χ0n) is 18.1. The summed E-state index contributed by atoms with van der Waals surface area (Å²) in [6.07, 6.45) is 2.35. The van der Waals surface area contributed by atoms with Crippen LogP contribution in [0.1, 0.15) is 38.8 Å². The van der Waals surface area contributed by atoms with Crippen molar-refractivity contribution in [1.82, 2.24) is 19.7 Å². The quantitative estimate of drug-likeness (QED) is 0.346. The van der Waals surface area contributed by atoms with Gasteiger partial charge in [0, 0.05) is 11.0 Å². The van der Waals surface area contributed by atoms with Crippen LogP contribution >= 0.6 is 15.9 Å². The van der Waals surface area contributed by atoms with Crippen molar-refractivity contribution < 1.29 is 9.21 Å². The third kappa shape index (κ3) is 5.76. The summed E-state index contributed by atoms with van der Waals surface area (Å²) < 4.78 is 8.52. The zero-order chi connectivity index (χ0) is 23.2.